The number of nitrogens with zero attached hydrogens (tertiary/aromatic N) is 1. The highest BCUT2D eigenvalue weighted by Gasteiger charge is 2.17. The Morgan fingerprint density at radius 3 is 1.97 bits per heavy atom. The van der Waals surface area contributed by atoms with E-state index in [1.54, 1.807) is 0 Å². The van der Waals surface area contributed by atoms with E-state index >= 15 is 0 Å². The number of aromatic amines is 1. The third-order valence-electron chi connectivity index (χ3n) is 6.55. The van der Waals surface area contributed by atoms with E-state index in [2.05, 4.69) is 125 Å². The molecular formula is C30H20N2. The van der Waals surface area contributed by atoms with Crippen LogP contribution in [0.25, 0.3) is 60.4 Å². The molecule has 7 aromatic rings. The molecule has 2 heteroatoms. The normalized spacial score (nSPS) is 11.8. The van der Waals surface area contributed by atoms with Crippen molar-refractivity contribution in [1.82, 2.24) is 9.55 Å². The lowest BCUT2D eigenvalue weighted by Gasteiger charge is -2.10. The molecule has 7 rings (SSSR count). The molecule has 0 aliphatic rings. The molecule has 2 aromatic heterocycles. The molecular weight excluding hydrogens is 388 g/mol. The van der Waals surface area contributed by atoms with Crippen LogP contribution in [0.4, 0.5) is 0 Å². The Bertz CT molecular complexity index is 1750. The van der Waals surface area contributed by atoms with Gasteiger partial charge in [0.1, 0.15) is 0 Å². The number of aromatic nitrogens is 2. The van der Waals surface area contributed by atoms with Crippen molar-refractivity contribution in [2.24, 2.45) is 0 Å². The van der Waals surface area contributed by atoms with E-state index < -0.39 is 0 Å². The van der Waals surface area contributed by atoms with Gasteiger partial charge in [-0.15, -0.1) is 0 Å². The number of para-hydroxylation sites is 2. The minimum Gasteiger partial charge on any atom is -0.353 e. The zero-order valence-electron chi connectivity index (χ0n) is 17.4. The number of hydrogen-bond donors (Lipinski definition) is 1. The molecule has 32 heavy (non-hydrogen) atoms. The van der Waals surface area contributed by atoms with Gasteiger partial charge in [-0.25, -0.2) is 0 Å². The van der Waals surface area contributed by atoms with Crippen molar-refractivity contribution in [3.63, 3.8) is 0 Å². The van der Waals surface area contributed by atoms with Crippen molar-refractivity contribution >= 4 is 43.6 Å². The maximum Gasteiger partial charge on any atom is 0.0783 e. The summed E-state index contributed by atoms with van der Waals surface area (Å²) in [7, 11) is 0. The Kier molecular flexibility index (Phi) is 3.58. The van der Waals surface area contributed by atoms with Crippen molar-refractivity contribution in [2.45, 2.75) is 0 Å². The van der Waals surface area contributed by atoms with E-state index in [0.29, 0.717) is 0 Å². The highest BCUT2D eigenvalue weighted by molar-refractivity contribution is 6.22. The van der Waals surface area contributed by atoms with Crippen LogP contribution in [0.5, 0.6) is 0 Å². The summed E-state index contributed by atoms with van der Waals surface area (Å²) in [5.41, 5.74) is 8.44. The Morgan fingerprint density at radius 1 is 0.469 bits per heavy atom. The van der Waals surface area contributed by atoms with Gasteiger partial charge in [-0.1, -0.05) is 91.0 Å². The fourth-order valence-electron chi connectivity index (χ4n) is 5.07. The first-order valence-electron chi connectivity index (χ1n) is 11.0. The third-order valence-corrected chi connectivity index (χ3v) is 6.55. The van der Waals surface area contributed by atoms with Crippen LogP contribution in [0.2, 0.25) is 0 Å². The molecule has 0 bridgehead atoms. The third kappa shape index (κ3) is 2.41. The van der Waals surface area contributed by atoms with Gasteiger partial charge in [0.2, 0.25) is 0 Å². The lowest BCUT2D eigenvalue weighted by atomic mass is 10.1. The van der Waals surface area contributed by atoms with Crippen LogP contribution in [0, 0.1) is 0 Å². The Morgan fingerprint density at radius 2 is 1.12 bits per heavy atom. The van der Waals surface area contributed by atoms with Crippen LogP contribution < -0.4 is 0 Å². The molecule has 150 valence electrons. The fourth-order valence-corrected chi connectivity index (χ4v) is 5.07. The van der Waals surface area contributed by atoms with Gasteiger partial charge in [0.15, 0.2) is 0 Å². The summed E-state index contributed by atoms with van der Waals surface area (Å²) in [5, 5.41) is 5.07. The number of rotatable bonds is 2. The first kappa shape index (κ1) is 17.4. The van der Waals surface area contributed by atoms with Gasteiger partial charge in [0.25, 0.3) is 0 Å². The standard InChI is InChI=1S/C30H20N2/c1-2-8-20(9-3-1)21-14-16-22(17-15-21)32-28-13-7-5-11-24(28)26-19-18-25-23-10-4-6-12-27(23)31-29(25)30(26)32/h1-19,31H. The molecule has 0 fully saturated rings. The van der Waals surface area contributed by atoms with E-state index in [1.807, 2.05) is 0 Å². The maximum atomic E-state index is 3.71. The summed E-state index contributed by atoms with van der Waals surface area (Å²) < 4.78 is 2.40. The van der Waals surface area contributed by atoms with E-state index in [9.17, 15) is 0 Å². The zero-order valence-corrected chi connectivity index (χ0v) is 17.4. The summed E-state index contributed by atoms with van der Waals surface area (Å²) in [6.45, 7) is 0. The Labute approximate surface area is 185 Å². The van der Waals surface area contributed by atoms with Crippen LogP contribution in [0.3, 0.4) is 0 Å². The second-order valence-electron chi connectivity index (χ2n) is 8.32. The number of H-pyrrole nitrogens is 1. The fraction of sp³-hybridized carbons (Fsp3) is 0. The zero-order chi connectivity index (χ0) is 21.1. The van der Waals surface area contributed by atoms with Crippen LogP contribution in [-0.4, -0.2) is 9.55 Å². The largest absolute Gasteiger partial charge is 0.353 e. The summed E-state index contributed by atoms with van der Waals surface area (Å²) in [5.74, 6) is 0. The highest BCUT2D eigenvalue weighted by atomic mass is 15.0. The van der Waals surface area contributed by atoms with Crippen molar-refractivity contribution < 1.29 is 0 Å². The van der Waals surface area contributed by atoms with Gasteiger partial charge in [0, 0.05) is 32.7 Å². The van der Waals surface area contributed by atoms with Gasteiger partial charge < -0.3 is 9.55 Å². The smallest absolute Gasteiger partial charge is 0.0783 e. The monoisotopic (exact) mass is 408 g/mol. The number of benzene rings is 5. The summed E-state index contributed by atoms with van der Waals surface area (Å²) in [6, 6.07) is 41.2. The molecule has 0 radical (unpaired) electrons. The molecule has 0 amide bonds. The molecule has 1 N–H and O–H groups in total. The second kappa shape index (κ2) is 6.60. The van der Waals surface area contributed by atoms with E-state index in [-0.39, 0.29) is 0 Å². The van der Waals surface area contributed by atoms with Gasteiger partial charge in [-0.05, 0) is 35.4 Å². The molecule has 5 aromatic carbocycles. The Balaban J connectivity index is 1.57. The molecule has 0 unspecified atom stereocenters. The summed E-state index contributed by atoms with van der Waals surface area (Å²) in [6.07, 6.45) is 0. The summed E-state index contributed by atoms with van der Waals surface area (Å²) in [4.78, 5) is 3.71. The second-order valence-corrected chi connectivity index (χ2v) is 8.32. The van der Waals surface area contributed by atoms with Crippen LogP contribution in [-0.2, 0) is 0 Å². The van der Waals surface area contributed by atoms with Crippen LogP contribution >= 0.6 is 0 Å². The average molecular weight is 409 g/mol. The number of nitrogens with one attached hydrogen (secondary N) is 1. The number of fused-ring (bicyclic) bond motifs is 7. The molecule has 0 aliphatic heterocycles. The molecule has 0 saturated carbocycles. The molecule has 0 saturated heterocycles. The average Bonchev–Trinajstić information content (AvgIpc) is 3.41. The van der Waals surface area contributed by atoms with Gasteiger partial charge in [-0.2, -0.15) is 0 Å². The van der Waals surface area contributed by atoms with Gasteiger partial charge in [-0.3, -0.25) is 0 Å². The topological polar surface area (TPSA) is 20.7 Å². The predicted molar refractivity (Wildman–Crippen MR) is 136 cm³/mol. The summed E-state index contributed by atoms with van der Waals surface area (Å²) >= 11 is 0. The first-order valence-corrected chi connectivity index (χ1v) is 11.0. The van der Waals surface area contributed by atoms with Crippen molar-refractivity contribution in [3.8, 4) is 16.8 Å². The van der Waals surface area contributed by atoms with E-state index in [4.69, 9.17) is 0 Å². The minimum absolute atomic E-state index is 1.17. The van der Waals surface area contributed by atoms with Crippen molar-refractivity contribution in [1.29, 1.82) is 0 Å². The molecule has 2 nitrogen and oxygen atoms in total. The lowest BCUT2D eigenvalue weighted by Crippen LogP contribution is -1.94. The lowest BCUT2D eigenvalue weighted by molar-refractivity contribution is 1.18. The highest BCUT2D eigenvalue weighted by Crippen LogP contribution is 2.38. The van der Waals surface area contributed by atoms with Crippen LogP contribution in [0.15, 0.2) is 115 Å². The molecule has 0 atom stereocenters. The SMILES string of the molecule is c1ccc(-c2ccc(-n3c4ccccc4c4ccc5c6ccccc6[nH]c5c43)cc2)cc1. The first-order chi connectivity index (χ1) is 15.9. The minimum atomic E-state index is 1.17. The van der Waals surface area contributed by atoms with Gasteiger partial charge in [0.05, 0.1) is 16.6 Å². The Hall–Kier alpha value is -4.30. The number of hydrogen-bond acceptors (Lipinski definition) is 0. The van der Waals surface area contributed by atoms with Crippen molar-refractivity contribution in [2.75, 3.05) is 0 Å². The molecule has 2 heterocycles. The van der Waals surface area contributed by atoms with Crippen LogP contribution in [0.1, 0.15) is 0 Å². The molecule has 0 aliphatic carbocycles. The predicted octanol–water partition coefficient (Wildman–Crippen LogP) is 8.09. The maximum absolute atomic E-state index is 3.71. The molecule has 0 spiro atoms. The van der Waals surface area contributed by atoms with Crippen molar-refractivity contribution in [3.05, 3.63) is 115 Å². The van der Waals surface area contributed by atoms with E-state index in [1.165, 1.54) is 60.4 Å². The van der Waals surface area contributed by atoms with E-state index in [0.717, 1.165) is 0 Å². The quantitative estimate of drug-likeness (QED) is 0.298. The van der Waals surface area contributed by atoms with Gasteiger partial charge >= 0.3 is 0 Å².